The lowest BCUT2D eigenvalue weighted by Crippen LogP contribution is -1.97. The molecule has 3 rings (SSSR count). The Morgan fingerprint density at radius 1 is 0.867 bits per heavy atom. The molecule has 3 aromatic carbocycles. The fraction of sp³-hybridized carbons (Fsp3) is 0.115. The number of carboxylic acids is 1. The third kappa shape index (κ3) is 5.84. The van der Waals surface area contributed by atoms with Crippen molar-refractivity contribution in [2.45, 2.75) is 6.92 Å². The van der Waals surface area contributed by atoms with Gasteiger partial charge in [0.25, 0.3) is 0 Å². The van der Waals surface area contributed by atoms with Crippen molar-refractivity contribution in [1.29, 1.82) is 0 Å². The Bertz CT molecular complexity index is 1080. The van der Waals surface area contributed by atoms with E-state index in [0.29, 0.717) is 5.76 Å². The first-order chi connectivity index (χ1) is 14.5. The molecule has 0 saturated heterocycles. The van der Waals surface area contributed by atoms with Gasteiger partial charge in [-0.2, -0.15) is 0 Å². The lowest BCUT2D eigenvalue weighted by atomic mass is 10.1. The van der Waals surface area contributed by atoms with Crippen LogP contribution in [0.3, 0.4) is 0 Å². The first kappa shape index (κ1) is 20.9. The fourth-order valence-corrected chi connectivity index (χ4v) is 2.70. The summed E-state index contributed by atoms with van der Waals surface area (Å²) in [5.41, 5.74) is 5.01. The van der Waals surface area contributed by atoms with Crippen molar-refractivity contribution in [3.05, 3.63) is 106 Å². The van der Waals surface area contributed by atoms with E-state index in [1.54, 1.807) is 31.4 Å². The molecule has 0 amide bonds. The average molecular weight is 398 g/mol. The van der Waals surface area contributed by atoms with Crippen molar-refractivity contribution in [3.63, 3.8) is 0 Å². The van der Waals surface area contributed by atoms with Gasteiger partial charge in [-0.3, -0.25) is 0 Å². The van der Waals surface area contributed by atoms with E-state index in [9.17, 15) is 4.79 Å². The predicted molar refractivity (Wildman–Crippen MR) is 118 cm³/mol. The van der Waals surface area contributed by atoms with E-state index in [1.165, 1.54) is 5.56 Å². The normalized spacial score (nSPS) is 10.8. The van der Waals surface area contributed by atoms with Crippen molar-refractivity contribution >= 4 is 17.8 Å². The molecule has 0 atom stereocenters. The lowest BCUT2D eigenvalue weighted by Gasteiger charge is -2.10. The molecule has 150 valence electrons. The van der Waals surface area contributed by atoms with E-state index >= 15 is 0 Å². The SMILES string of the molecule is COCO/C(=C\c1ccc(C)cc1)c1ccc(C#Cc2ccc(C(=O)O)cc2)cc1. The standard InChI is InChI=1S/C26H22O4/c1-19-3-5-22(6-4-19)17-25(30-18-29-2)23-13-9-20(10-14-23)7-8-21-11-15-24(16-12-21)26(27)28/h3-6,9-17H,18H2,1-2H3,(H,27,28)/b25-17-. The number of hydrogen-bond acceptors (Lipinski definition) is 3. The van der Waals surface area contributed by atoms with Gasteiger partial charge in [0, 0.05) is 23.8 Å². The van der Waals surface area contributed by atoms with Crippen LogP contribution in [-0.4, -0.2) is 25.0 Å². The minimum Gasteiger partial charge on any atom is -0.478 e. The smallest absolute Gasteiger partial charge is 0.335 e. The average Bonchev–Trinajstić information content (AvgIpc) is 2.77. The molecule has 1 N–H and O–H groups in total. The van der Waals surface area contributed by atoms with Crippen LogP contribution in [0.15, 0.2) is 72.8 Å². The maximum absolute atomic E-state index is 10.9. The minimum atomic E-state index is -0.949. The highest BCUT2D eigenvalue weighted by molar-refractivity contribution is 5.87. The van der Waals surface area contributed by atoms with Crippen molar-refractivity contribution in [3.8, 4) is 11.8 Å². The van der Waals surface area contributed by atoms with E-state index in [1.807, 2.05) is 42.5 Å². The Labute approximate surface area is 176 Å². The molecule has 0 aliphatic rings. The summed E-state index contributed by atoms with van der Waals surface area (Å²) in [5, 5.41) is 8.95. The van der Waals surface area contributed by atoms with E-state index in [4.69, 9.17) is 14.6 Å². The fourth-order valence-electron chi connectivity index (χ4n) is 2.70. The van der Waals surface area contributed by atoms with Crippen molar-refractivity contribution in [2.75, 3.05) is 13.9 Å². The Balaban J connectivity index is 1.79. The molecule has 0 aromatic heterocycles. The van der Waals surface area contributed by atoms with Gasteiger partial charge >= 0.3 is 5.97 Å². The minimum absolute atomic E-state index is 0.158. The van der Waals surface area contributed by atoms with Gasteiger partial charge in [-0.15, -0.1) is 0 Å². The maximum atomic E-state index is 10.9. The van der Waals surface area contributed by atoms with Crippen molar-refractivity contribution in [2.24, 2.45) is 0 Å². The number of rotatable bonds is 6. The Hall–Kier alpha value is -3.81. The Kier molecular flexibility index (Phi) is 7.05. The number of carboxylic acid groups (broad SMARTS) is 1. The van der Waals surface area contributed by atoms with Crippen LogP contribution in [0.2, 0.25) is 0 Å². The highest BCUT2D eigenvalue weighted by atomic mass is 16.7. The van der Waals surface area contributed by atoms with Crippen molar-refractivity contribution in [1.82, 2.24) is 0 Å². The van der Waals surface area contributed by atoms with Crippen LogP contribution in [0.25, 0.3) is 11.8 Å². The van der Waals surface area contributed by atoms with Gasteiger partial charge in [0.1, 0.15) is 5.76 Å². The number of methoxy groups -OCH3 is 1. The van der Waals surface area contributed by atoms with Gasteiger partial charge < -0.3 is 14.6 Å². The molecular formula is C26H22O4. The zero-order chi connectivity index (χ0) is 21.3. The number of benzene rings is 3. The third-order valence-electron chi connectivity index (χ3n) is 4.36. The second kappa shape index (κ2) is 10.1. The molecule has 0 saturated carbocycles. The molecule has 0 unspecified atom stereocenters. The number of aryl methyl sites for hydroxylation is 1. The van der Waals surface area contributed by atoms with Gasteiger partial charge in [0.05, 0.1) is 5.56 Å². The second-order valence-electron chi connectivity index (χ2n) is 6.68. The van der Waals surface area contributed by atoms with Gasteiger partial charge in [0.15, 0.2) is 6.79 Å². The molecule has 0 radical (unpaired) electrons. The quantitative estimate of drug-likeness (QED) is 0.268. The first-order valence-corrected chi connectivity index (χ1v) is 9.41. The van der Waals surface area contributed by atoms with E-state index < -0.39 is 5.97 Å². The summed E-state index contributed by atoms with van der Waals surface area (Å²) in [7, 11) is 1.59. The Morgan fingerprint density at radius 2 is 1.40 bits per heavy atom. The van der Waals surface area contributed by atoms with Crippen LogP contribution in [0.1, 0.15) is 38.2 Å². The highest BCUT2D eigenvalue weighted by Crippen LogP contribution is 2.21. The van der Waals surface area contributed by atoms with Gasteiger partial charge in [-0.05, 0) is 55.0 Å². The molecule has 3 aromatic rings. The maximum Gasteiger partial charge on any atom is 0.335 e. The molecule has 0 bridgehead atoms. The highest BCUT2D eigenvalue weighted by Gasteiger charge is 2.04. The number of aromatic carboxylic acids is 1. The molecule has 0 aliphatic heterocycles. The topological polar surface area (TPSA) is 55.8 Å². The zero-order valence-electron chi connectivity index (χ0n) is 16.9. The zero-order valence-corrected chi connectivity index (χ0v) is 16.9. The molecular weight excluding hydrogens is 376 g/mol. The molecule has 4 heteroatoms. The lowest BCUT2D eigenvalue weighted by molar-refractivity contribution is 0.0324. The van der Waals surface area contributed by atoms with Crippen LogP contribution < -0.4 is 0 Å². The van der Waals surface area contributed by atoms with Crippen molar-refractivity contribution < 1.29 is 19.4 Å². The van der Waals surface area contributed by atoms with Gasteiger partial charge in [-0.1, -0.05) is 53.8 Å². The largest absolute Gasteiger partial charge is 0.478 e. The summed E-state index contributed by atoms with van der Waals surface area (Å²) in [6.45, 7) is 2.21. The van der Waals surface area contributed by atoms with E-state index in [2.05, 4.69) is 30.9 Å². The number of ether oxygens (including phenoxy) is 2. The summed E-state index contributed by atoms with van der Waals surface area (Å²) in [6.07, 6.45) is 1.98. The van der Waals surface area contributed by atoms with Crippen LogP contribution >= 0.6 is 0 Å². The van der Waals surface area contributed by atoms with E-state index in [-0.39, 0.29) is 12.4 Å². The molecule has 0 spiro atoms. The van der Waals surface area contributed by atoms with Crippen LogP contribution in [0, 0.1) is 18.8 Å². The monoisotopic (exact) mass is 398 g/mol. The summed E-state index contributed by atoms with van der Waals surface area (Å²) in [6, 6.07) is 22.4. The van der Waals surface area contributed by atoms with Gasteiger partial charge in [-0.25, -0.2) is 4.79 Å². The summed E-state index contributed by atoms with van der Waals surface area (Å²) >= 11 is 0. The summed E-state index contributed by atoms with van der Waals surface area (Å²) < 4.78 is 10.8. The van der Waals surface area contributed by atoms with E-state index in [0.717, 1.165) is 22.3 Å². The molecule has 0 fully saturated rings. The molecule has 30 heavy (non-hydrogen) atoms. The third-order valence-corrected chi connectivity index (χ3v) is 4.36. The summed E-state index contributed by atoms with van der Waals surface area (Å²) in [4.78, 5) is 10.9. The number of carbonyl (C=O) groups is 1. The predicted octanol–water partition coefficient (Wildman–Crippen LogP) is 5.21. The first-order valence-electron chi connectivity index (χ1n) is 9.41. The Morgan fingerprint density at radius 3 is 1.90 bits per heavy atom. The number of hydrogen-bond donors (Lipinski definition) is 1. The summed E-state index contributed by atoms with van der Waals surface area (Å²) in [5.74, 6) is 5.90. The molecule has 4 nitrogen and oxygen atoms in total. The molecule has 0 aliphatic carbocycles. The van der Waals surface area contributed by atoms with Crippen LogP contribution in [0.4, 0.5) is 0 Å². The second-order valence-corrected chi connectivity index (χ2v) is 6.68. The van der Waals surface area contributed by atoms with Gasteiger partial charge in [0.2, 0.25) is 0 Å². The van der Waals surface area contributed by atoms with Crippen LogP contribution in [0.5, 0.6) is 0 Å². The molecule has 0 heterocycles. The van der Waals surface area contributed by atoms with Crippen LogP contribution in [-0.2, 0) is 9.47 Å².